The van der Waals surface area contributed by atoms with Gasteiger partial charge in [0.25, 0.3) is 0 Å². The van der Waals surface area contributed by atoms with Gasteiger partial charge in [-0.3, -0.25) is 0 Å². The zero-order chi connectivity index (χ0) is 10.9. The van der Waals surface area contributed by atoms with Crippen molar-refractivity contribution in [2.75, 3.05) is 7.11 Å². The summed E-state index contributed by atoms with van der Waals surface area (Å²) in [6, 6.07) is 1.95. The van der Waals surface area contributed by atoms with Crippen molar-refractivity contribution in [3.8, 4) is 17.6 Å². The fourth-order valence-corrected chi connectivity index (χ4v) is 1.72. The smallest absolute Gasteiger partial charge is 0.176 e. The van der Waals surface area contributed by atoms with E-state index in [0.717, 1.165) is 15.6 Å². The van der Waals surface area contributed by atoms with E-state index < -0.39 is 0 Å². The molecule has 0 spiro atoms. The highest BCUT2D eigenvalue weighted by Gasteiger charge is 2.18. The number of rotatable bonds is 1. The lowest BCUT2D eigenvalue weighted by Gasteiger charge is -2.13. The van der Waals surface area contributed by atoms with Crippen LogP contribution in [0.15, 0.2) is 4.47 Å². The predicted molar refractivity (Wildman–Crippen MR) is 56.5 cm³/mol. The highest BCUT2D eigenvalue weighted by atomic mass is 79.9. The summed E-state index contributed by atoms with van der Waals surface area (Å²) < 4.78 is 5.82. The molecule has 14 heavy (non-hydrogen) atoms. The van der Waals surface area contributed by atoms with Gasteiger partial charge < -0.3 is 9.84 Å². The maximum Gasteiger partial charge on any atom is 0.176 e. The molecular formula is C10H10BrNO2. The fraction of sp³-hybridized carbons (Fsp3) is 0.300. The van der Waals surface area contributed by atoms with Crippen LogP contribution in [0, 0.1) is 25.2 Å². The standard InChI is InChI=1S/C10H10BrNO2/c1-5-7(4-12)9(13)10(14-3)6(2)8(5)11/h13H,1-3H3. The Kier molecular flexibility index (Phi) is 3.02. The third kappa shape index (κ3) is 1.44. The van der Waals surface area contributed by atoms with Crippen LogP contribution in [0.5, 0.6) is 11.5 Å². The van der Waals surface area contributed by atoms with Crippen LogP contribution in [0.3, 0.4) is 0 Å². The van der Waals surface area contributed by atoms with Crippen molar-refractivity contribution >= 4 is 15.9 Å². The molecule has 0 saturated heterocycles. The highest BCUT2D eigenvalue weighted by Crippen LogP contribution is 2.40. The molecule has 0 heterocycles. The first-order valence-corrected chi connectivity index (χ1v) is 4.79. The Balaban J connectivity index is 3.67. The van der Waals surface area contributed by atoms with Crippen LogP contribution >= 0.6 is 15.9 Å². The van der Waals surface area contributed by atoms with Crippen molar-refractivity contribution in [3.05, 3.63) is 21.2 Å². The number of aromatic hydroxyl groups is 1. The molecule has 1 aromatic carbocycles. The lowest BCUT2D eigenvalue weighted by atomic mass is 10.0. The molecule has 0 bridgehead atoms. The molecule has 0 fully saturated rings. The summed E-state index contributed by atoms with van der Waals surface area (Å²) in [5, 5.41) is 18.6. The van der Waals surface area contributed by atoms with E-state index in [4.69, 9.17) is 10.00 Å². The Morgan fingerprint density at radius 3 is 2.36 bits per heavy atom. The maximum atomic E-state index is 9.71. The Morgan fingerprint density at radius 2 is 1.93 bits per heavy atom. The van der Waals surface area contributed by atoms with Gasteiger partial charge in [-0.05, 0) is 19.4 Å². The predicted octanol–water partition coefficient (Wildman–Crippen LogP) is 2.65. The summed E-state index contributed by atoms with van der Waals surface area (Å²) in [6.07, 6.45) is 0. The number of hydrogen-bond acceptors (Lipinski definition) is 3. The van der Waals surface area contributed by atoms with Crippen molar-refractivity contribution in [2.24, 2.45) is 0 Å². The van der Waals surface area contributed by atoms with Gasteiger partial charge >= 0.3 is 0 Å². The summed E-state index contributed by atoms with van der Waals surface area (Å²) >= 11 is 3.35. The summed E-state index contributed by atoms with van der Waals surface area (Å²) in [4.78, 5) is 0. The second-order valence-corrected chi connectivity index (χ2v) is 3.73. The zero-order valence-corrected chi connectivity index (χ0v) is 9.77. The van der Waals surface area contributed by atoms with Crippen molar-refractivity contribution in [1.82, 2.24) is 0 Å². The molecule has 0 atom stereocenters. The van der Waals surface area contributed by atoms with E-state index >= 15 is 0 Å². The monoisotopic (exact) mass is 255 g/mol. The van der Waals surface area contributed by atoms with Crippen LogP contribution in [-0.4, -0.2) is 12.2 Å². The van der Waals surface area contributed by atoms with E-state index in [0.29, 0.717) is 5.75 Å². The number of methoxy groups -OCH3 is 1. The SMILES string of the molecule is COc1c(C)c(Br)c(C)c(C#N)c1O. The molecule has 3 nitrogen and oxygen atoms in total. The average Bonchev–Trinajstić information content (AvgIpc) is 2.16. The minimum absolute atomic E-state index is 0.0896. The van der Waals surface area contributed by atoms with Crippen molar-refractivity contribution in [3.63, 3.8) is 0 Å². The van der Waals surface area contributed by atoms with Gasteiger partial charge in [0, 0.05) is 10.0 Å². The van der Waals surface area contributed by atoms with Gasteiger partial charge in [-0.1, -0.05) is 15.9 Å². The van der Waals surface area contributed by atoms with Crippen LogP contribution in [0.2, 0.25) is 0 Å². The number of phenolic OH excluding ortho intramolecular Hbond substituents is 1. The Hall–Kier alpha value is -1.21. The number of hydrogen-bond donors (Lipinski definition) is 1. The zero-order valence-electron chi connectivity index (χ0n) is 8.18. The topological polar surface area (TPSA) is 53.2 Å². The fourth-order valence-electron chi connectivity index (χ4n) is 1.35. The Labute approximate surface area is 91.1 Å². The van der Waals surface area contributed by atoms with E-state index in [1.807, 2.05) is 13.0 Å². The molecule has 0 unspecified atom stereocenters. The first-order valence-electron chi connectivity index (χ1n) is 4.00. The maximum absolute atomic E-state index is 9.71. The number of nitrogens with zero attached hydrogens (tertiary/aromatic N) is 1. The highest BCUT2D eigenvalue weighted by molar-refractivity contribution is 9.10. The van der Waals surface area contributed by atoms with E-state index in [-0.39, 0.29) is 11.3 Å². The van der Waals surface area contributed by atoms with Crippen LogP contribution < -0.4 is 4.74 Å². The third-order valence-electron chi connectivity index (χ3n) is 2.14. The summed E-state index contributed by atoms with van der Waals surface area (Å²) in [5.41, 5.74) is 1.77. The molecule has 0 aliphatic carbocycles. The van der Waals surface area contributed by atoms with E-state index in [1.54, 1.807) is 6.92 Å². The molecule has 0 amide bonds. The number of benzene rings is 1. The van der Waals surface area contributed by atoms with Crippen molar-refractivity contribution < 1.29 is 9.84 Å². The molecule has 0 aromatic heterocycles. The van der Waals surface area contributed by atoms with Crippen LogP contribution in [0.4, 0.5) is 0 Å². The number of phenols is 1. The van der Waals surface area contributed by atoms with Gasteiger partial charge in [0.05, 0.1) is 7.11 Å². The Bertz CT molecular complexity index is 418. The molecule has 1 aromatic rings. The average molecular weight is 256 g/mol. The van der Waals surface area contributed by atoms with Crippen LogP contribution in [0.1, 0.15) is 16.7 Å². The van der Waals surface area contributed by atoms with Crippen LogP contribution in [0.25, 0.3) is 0 Å². The molecular weight excluding hydrogens is 246 g/mol. The molecule has 0 aliphatic rings. The summed E-state index contributed by atoms with van der Waals surface area (Å²) in [6.45, 7) is 3.59. The summed E-state index contributed by atoms with van der Waals surface area (Å²) in [7, 11) is 1.46. The first-order chi connectivity index (χ1) is 6.54. The minimum atomic E-state index is -0.0896. The van der Waals surface area contributed by atoms with E-state index in [2.05, 4.69) is 15.9 Å². The lowest BCUT2D eigenvalue weighted by molar-refractivity contribution is 0.369. The van der Waals surface area contributed by atoms with Gasteiger partial charge in [0.15, 0.2) is 11.5 Å². The van der Waals surface area contributed by atoms with Crippen molar-refractivity contribution in [1.29, 1.82) is 5.26 Å². The molecule has 74 valence electrons. The van der Waals surface area contributed by atoms with Crippen molar-refractivity contribution in [2.45, 2.75) is 13.8 Å². The van der Waals surface area contributed by atoms with Gasteiger partial charge in [-0.25, -0.2) is 0 Å². The first kappa shape index (κ1) is 10.9. The molecule has 1 N–H and O–H groups in total. The van der Waals surface area contributed by atoms with Crippen LogP contribution in [-0.2, 0) is 0 Å². The van der Waals surface area contributed by atoms with Gasteiger partial charge in [-0.15, -0.1) is 0 Å². The van der Waals surface area contributed by atoms with Gasteiger partial charge in [0.2, 0.25) is 0 Å². The summed E-state index contributed by atoms with van der Waals surface area (Å²) in [5.74, 6) is 0.257. The molecule has 0 radical (unpaired) electrons. The quantitative estimate of drug-likeness (QED) is 0.840. The molecule has 1 rings (SSSR count). The van der Waals surface area contributed by atoms with E-state index in [1.165, 1.54) is 7.11 Å². The third-order valence-corrected chi connectivity index (χ3v) is 3.33. The van der Waals surface area contributed by atoms with E-state index in [9.17, 15) is 5.11 Å². The minimum Gasteiger partial charge on any atom is -0.503 e. The lowest BCUT2D eigenvalue weighted by Crippen LogP contribution is -1.95. The van der Waals surface area contributed by atoms with Gasteiger partial charge in [-0.2, -0.15) is 5.26 Å². The number of nitriles is 1. The largest absolute Gasteiger partial charge is 0.503 e. The van der Waals surface area contributed by atoms with Gasteiger partial charge in [0.1, 0.15) is 11.6 Å². The number of ether oxygens (including phenoxy) is 1. The molecule has 0 aliphatic heterocycles. The normalized spacial score (nSPS) is 9.64. The second-order valence-electron chi connectivity index (χ2n) is 2.93. The second kappa shape index (κ2) is 3.89. The number of halogens is 1. The Morgan fingerprint density at radius 1 is 1.36 bits per heavy atom. The molecule has 0 saturated carbocycles. The molecule has 4 heteroatoms.